The number of esters is 1. The second kappa shape index (κ2) is 6.21. The van der Waals surface area contributed by atoms with Crippen LogP contribution in [-0.2, 0) is 9.53 Å². The van der Waals surface area contributed by atoms with Crippen LogP contribution in [0.25, 0.3) is 0 Å². The molecule has 3 nitrogen and oxygen atoms in total. The Balaban J connectivity index is 2.33. The van der Waals surface area contributed by atoms with Crippen LogP contribution in [0.1, 0.15) is 16.5 Å². The first-order valence-corrected chi connectivity index (χ1v) is 7.43. The first-order valence-electron chi connectivity index (χ1n) is 5.76. The smallest absolute Gasteiger partial charge is 0.333 e. The van der Waals surface area contributed by atoms with Crippen LogP contribution in [0.5, 0.6) is 0 Å². The summed E-state index contributed by atoms with van der Waals surface area (Å²) in [5, 5.41) is 5.20. The van der Waals surface area contributed by atoms with Gasteiger partial charge < -0.3 is 10.1 Å². The van der Waals surface area contributed by atoms with Gasteiger partial charge in [-0.1, -0.05) is 12.1 Å². The number of aryl methyl sites for hydroxylation is 1. The molecule has 19 heavy (non-hydrogen) atoms. The lowest BCUT2D eigenvalue weighted by Gasteiger charge is -2.18. The molecule has 0 amide bonds. The monoisotopic (exact) mass is 339 g/mol. The van der Waals surface area contributed by atoms with E-state index in [1.807, 2.05) is 42.6 Å². The lowest BCUT2D eigenvalue weighted by atomic mass is 10.1. The molecule has 0 radical (unpaired) electrons. The lowest BCUT2D eigenvalue weighted by molar-refractivity contribution is -0.141. The Bertz CT molecular complexity index is 582. The zero-order chi connectivity index (χ0) is 13.8. The van der Waals surface area contributed by atoms with Crippen LogP contribution < -0.4 is 5.32 Å². The van der Waals surface area contributed by atoms with Gasteiger partial charge in [0.2, 0.25) is 0 Å². The van der Waals surface area contributed by atoms with E-state index in [4.69, 9.17) is 4.74 Å². The molecule has 1 heterocycles. The molecule has 1 aromatic carbocycles. The number of benzene rings is 1. The van der Waals surface area contributed by atoms with E-state index in [-0.39, 0.29) is 5.97 Å². The molecule has 5 heteroatoms. The first-order chi connectivity index (χ1) is 9.13. The number of methoxy groups -OCH3 is 1. The molecule has 0 bridgehead atoms. The van der Waals surface area contributed by atoms with Gasteiger partial charge in [0, 0.05) is 15.0 Å². The fourth-order valence-electron chi connectivity index (χ4n) is 1.76. The van der Waals surface area contributed by atoms with E-state index in [9.17, 15) is 4.79 Å². The lowest BCUT2D eigenvalue weighted by Crippen LogP contribution is -2.22. The van der Waals surface area contributed by atoms with Gasteiger partial charge in [-0.15, -0.1) is 11.3 Å². The van der Waals surface area contributed by atoms with E-state index < -0.39 is 6.04 Å². The molecule has 0 aliphatic rings. The van der Waals surface area contributed by atoms with E-state index in [2.05, 4.69) is 21.2 Å². The van der Waals surface area contributed by atoms with Crippen molar-refractivity contribution in [3.05, 3.63) is 50.6 Å². The Labute approximate surface area is 124 Å². The maximum atomic E-state index is 12.0. The third-order valence-corrected chi connectivity index (χ3v) is 4.55. The fraction of sp³-hybridized carbons (Fsp3) is 0.214. The summed E-state index contributed by atoms with van der Waals surface area (Å²) >= 11 is 5.01. The summed E-state index contributed by atoms with van der Waals surface area (Å²) in [6.07, 6.45) is 0. The van der Waals surface area contributed by atoms with Crippen molar-refractivity contribution in [1.29, 1.82) is 0 Å². The molecule has 1 aromatic heterocycles. The number of carbonyl (C=O) groups excluding carboxylic acids is 1. The Morgan fingerprint density at radius 1 is 1.37 bits per heavy atom. The number of ether oxygens (including phenoxy) is 1. The normalized spacial score (nSPS) is 11.9. The molecule has 100 valence electrons. The first kappa shape index (κ1) is 14.1. The van der Waals surface area contributed by atoms with Gasteiger partial charge in [0.25, 0.3) is 0 Å². The maximum absolute atomic E-state index is 12.0. The summed E-state index contributed by atoms with van der Waals surface area (Å²) in [4.78, 5) is 13.0. The van der Waals surface area contributed by atoms with E-state index in [1.54, 1.807) is 11.3 Å². The van der Waals surface area contributed by atoms with Crippen molar-refractivity contribution in [2.45, 2.75) is 13.0 Å². The minimum atomic E-state index is -0.483. The second-order valence-corrected chi connectivity index (χ2v) is 5.85. The number of hydrogen-bond donors (Lipinski definition) is 1. The van der Waals surface area contributed by atoms with Crippen molar-refractivity contribution in [3.63, 3.8) is 0 Å². The second-order valence-electron chi connectivity index (χ2n) is 4.05. The number of hydrogen-bond acceptors (Lipinski definition) is 4. The summed E-state index contributed by atoms with van der Waals surface area (Å²) < 4.78 is 5.81. The standard InChI is InChI=1S/C14H14BrNO2S/c1-9-7-8-19-13(9)12(14(17)18-2)16-11-6-4-3-5-10(11)15/h3-8,12,16H,1-2H3. The molecule has 0 saturated carbocycles. The maximum Gasteiger partial charge on any atom is 0.333 e. The third kappa shape index (κ3) is 3.16. The van der Waals surface area contributed by atoms with Gasteiger partial charge in [-0.3, -0.25) is 0 Å². The van der Waals surface area contributed by atoms with Gasteiger partial charge in [-0.05, 0) is 52.0 Å². The average Bonchev–Trinajstić information content (AvgIpc) is 2.83. The highest BCUT2D eigenvalue weighted by atomic mass is 79.9. The molecule has 0 fully saturated rings. The third-order valence-electron chi connectivity index (χ3n) is 2.77. The SMILES string of the molecule is COC(=O)C(Nc1ccccc1Br)c1sccc1C. The van der Waals surface area contributed by atoms with Crippen molar-refractivity contribution in [2.24, 2.45) is 0 Å². The minimum Gasteiger partial charge on any atom is -0.467 e. The van der Waals surface area contributed by atoms with Crippen LogP contribution in [0.3, 0.4) is 0 Å². The van der Waals surface area contributed by atoms with E-state index in [1.165, 1.54) is 7.11 Å². The van der Waals surface area contributed by atoms with E-state index in [0.29, 0.717) is 0 Å². The van der Waals surface area contributed by atoms with Crippen molar-refractivity contribution in [2.75, 3.05) is 12.4 Å². The van der Waals surface area contributed by atoms with Crippen LogP contribution in [0, 0.1) is 6.92 Å². The summed E-state index contributed by atoms with van der Waals surface area (Å²) in [6.45, 7) is 1.99. The minimum absolute atomic E-state index is 0.290. The van der Waals surface area contributed by atoms with Crippen LogP contribution in [-0.4, -0.2) is 13.1 Å². The number of carbonyl (C=O) groups is 1. The highest BCUT2D eigenvalue weighted by Crippen LogP contribution is 2.31. The number of halogens is 1. The molecule has 2 aromatic rings. The van der Waals surface area contributed by atoms with E-state index in [0.717, 1.165) is 20.6 Å². The molecule has 1 N–H and O–H groups in total. The van der Waals surface area contributed by atoms with Crippen LogP contribution in [0.4, 0.5) is 5.69 Å². The topological polar surface area (TPSA) is 38.3 Å². The zero-order valence-corrected chi connectivity index (χ0v) is 13.0. The number of rotatable bonds is 4. The summed E-state index contributed by atoms with van der Waals surface area (Å²) in [7, 11) is 1.40. The largest absolute Gasteiger partial charge is 0.467 e. The summed E-state index contributed by atoms with van der Waals surface area (Å²) in [5.41, 5.74) is 1.95. The molecule has 1 atom stereocenters. The predicted octanol–water partition coefficient (Wildman–Crippen LogP) is 4.15. The van der Waals surface area contributed by atoms with Crippen LogP contribution in [0.15, 0.2) is 40.2 Å². The Morgan fingerprint density at radius 3 is 2.68 bits per heavy atom. The molecule has 0 saturated heterocycles. The van der Waals surface area contributed by atoms with Crippen molar-refractivity contribution >= 4 is 38.9 Å². The Kier molecular flexibility index (Phi) is 4.61. The molecule has 0 aliphatic heterocycles. The average molecular weight is 340 g/mol. The number of nitrogens with one attached hydrogen (secondary N) is 1. The Hall–Kier alpha value is -1.33. The van der Waals surface area contributed by atoms with Crippen LogP contribution >= 0.6 is 27.3 Å². The van der Waals surface area contributed by atoms with Crippen molar-refractivity contribution in [3.8, 4) is 0 Å². The summed E-state index contributed by atoms with van der Waals surface area (Å²) in [6, 6.07) is 9.21. The van der Waals surface area contributed by atoms with E-state index >= 15 is 0 Å². The number of anilines is 1. The number of thiophene rings is 1. The fourth-order valence-corrected chi connectivity index (χ4v) is 3.13. The predicted molar refractivity (Wildman–Crippen MR) is 81.6 cm³/mol. The highest BCUT2D eigenvalue weighted by Gasteiger charge is 2.24. The number of para-hydroxylation sites is 1. The highest BCUT2D eigenvalue weighted by molar-refractivity contribution is 9.10. The van der Waals surface area contributed by atoms with Gasteiger partial charge in [0.05, 0.1) is 7.11 Å². The molecule has 1 unspecified atom stereocenters. The quantitative estimate of drug-likeness (QED) is 0.850. The molecule has 0 aliphatic carbocycles. The molecule has 2 rings (SSSR count). The van der Waals surface area contributed by atoms with Crippen LogP contribution in [0.2, 0.25) is 0 Å². The Morgan fingerprint density at radius 2 is 2.11 bits per heavy atom. The molecular weight excluding hydrogens is 326 g/mol. The van der Waals surface area contributed by atoms with Gasteiger partial charge in [0.15, 0.2) is 6.04 Å². The van der Waals surface area contributed by atoms with Gasteiger partial charge in [-0.25, -0.2) is 4.79 Å². The van der Waals surface area contributed by atoms with Crippen molar-refractivity contribution in [1.82, 2.24) is 0 Å². The van der Waals surface area contributed by atoms with Gasteiger partial charge in [-0.2, -0.15) is 0 Å². The summed E-state index contributed by atoms with van der Waals surface area (Å²) in [5.74, 6) is -0.290. The van der Waals surface area contributed by atoms with Crippen molar-refractivity contribution < 1.29 is 9.53 Å². The van der Waals surface area contributed by atoms with Gasteiger partial charge >= 0.3 is 5.97 Å². The zero-order valence-electron chi connectivity index (χ0n) is 10.6. The molecular formula is C14H14BrNO2S. The molecule has 0 spiro atoms. The van der Waals surface area contributed by atoms with Gasteiger partial charge in [0.1, 0.15) is 0 Å².